The maximum Gasteiger partial charge on any atom is 0.293 e. The standard InChI is InChI=1S/C22H18Cl2N2O5S/c23-15-3-1-2-14(20(15)24)12-18-21(28)26(22(29)32-18)7-6-25-19(27)11-13-4-5-16-17(10-13)31-9-8-30-16/h1-5,10,12H,6-9,11H2,(H,25,27)/b18-12-. The van der Waals surface area contributed by atoms with E-state index in [9.17, 15) is 14.4 Å². The number of carbonyl (C=O) groups is 3. The molecule has 2 aromatic carbocycles. The molecular weight excluding hydrogens is 475 g/mol. The van der Waals surface area contributed by atoms with E-state index in [1.807, 2.05) is 0 Å². The lowest BCUT2D eigenvalue weighted by atomic mass is 10.1. The molecule has 166 valence electrons. The fourth-order valence-electron chi connectivity index (χ4n) is 3.22. The van der Waals surface area contributed by atoms with Gasteiger partial charge in [0.25, 0.3) is 11.1 Å². The van der Waals surface area contributed by atoms with E-state index in [0.29, 0.717) is 40.3 Å². The Morgan fingerprint density at radius 3 is 2.72 bits per heavy atom. The van der Waals surface area contributed by atoms with Crippen molar-refractivity contribution in [3.05, 3.63) is 62.5 Å². The van der Waals surface area contributed by atoms with Crippen LogP contribution in [0.15, 0.2) is 41.3 Å². The molecule has 0 unspecified atom stereocenters. The second-order valence-corrected chi connectivity index (χ2v) is 8.76. The van der Waals surface area contributed by atoms with Crippen LogP contribution < -0.4 is 14.8 Å². The topological polar surface area (TPSA) is 84.9 Å². The number of rotatable bonds is 6. The molecule has 3 amide bonds. The van der Waals surface area contributed by atoms with Crippen molar-refractivity contribution in [1.29, 1.82) is 0 Å². The normalized spacial score (nSPS) is 16.6. The predicted octanol–water partition coefficient (Wildman–Crippen LogP) is 4.16. The SMILES string of the molecule is O=C(Cc1ccc2c(c1)OCCO2)NCCN1C(=O)S/C(=C\c2cccc(Cl)c2Cl)C1=O. The van der Waals surface area contributed by atoms with Crippen molar-refractivity contribution in [2.24, 2.45) is 0 Å². The minimum absolute atomic E-state index is 0.0676. The van der Waals surface area contributed by atoms with Crippen molar-refractivity contribution in [2.45, 2.75) is 6.42 Å². The smallest absolute Gasteiger partial charge is 0.293 e. The maximum absolute atomic E-state index is 12.6. The number of fused-ring (bicyclic) bond motifs is 1. The van der Waals surface area contributed by atoms with Gasteiger partial charge in [-0.2, -0.15) is 0 Å². The van der Waals surface area contributed by atoms with E-state index in [-0.39, 0.29) is 30.3 Å². The highest BCUT2D eigenvalue weighted by atomic mass is 35.5. The monoisotopic (exact) mass is 492 g/mol. The molecule has 2 aromatic rings. The average Bonchev–Trinajstić information content (AvgIpc) is 3.04. The molecule has 0 spiro atoms. The van der Waals surface area contributed by atoms with E-state index >= 15 is 0 Å². The first-order chi connectivity index (χ1) is 15.4. The van der Waals surface area contributed by atoms with Crippen molar-refractivity contribution < 1.29 is 23.9 Å². The van der Waals surface area contributed by atoms with Crippen LogP contribution in [-0.4, -0.2) is 48.3 Å². The van der Waals surface area contributed by atoms with Gasteiger partial charge in [-0.15, -0.1) is 0 Å². The third-order valence-electron chi connectivity index (χ3n) is 4.77. The van der Waals surface area contributed by atoms with Crippen LogP contribution in [0.2, 0.25) is 10.0 Å². The number of halogens is 2. The highest BCUT2D eigenvalue weighted by Gasteiger charge is 2.34. The molecule has 2 aliphatic rings. The molecule has 10 heteroatoms. The Balaban J connectivity index is 1.31. The summed E-state index contributed by atoms with van der Waals surface area (Å²) in [5.74, 6) is 0.616. The molecule has 2 aliphatic heterocycles. The van der Waals surface area contributed by atoms with E-state index in [1.165, 1.54) is 0 Å². The van der Waals surface area contributed by atoms with Gasteiger partial charge >= 0.3 is 0 Å². The molecule has 0 bridgehead atoms. The van der Waals surface area contributed by atoms with Crippen LogP contribution in [-0.2, 0) is 16.0 Å². The van der Waals surface area contributed by atoms with Gasteiger partial charge in [0, 0.05) is 13.1 Å². The van der Waals surface area contributed by atoms with Gasteiger partial charge in [-0.25, -0.2) is 0 Å². The van der Waals surface area contributed by atoms with Crippen LogP contribution in [0.1, 0.15) is 11.1 Å². The lowest BCUT2D eigenvalue weighted by Crippen LogP contribution is -2.37. The molecule has 0 radical (unpaired) electrons. The van der Waals surface area contributed by atoms with Crippen molar-refractivity contribution in [3.8, 4) is 11.5 Å². The third kappa shape index (κ3) is 5.03. The van der Waals surface area contributed by atoms with Crippen LogP contribution >= 0.6 is 35.0 Å². The summed E-state index contributed by atoms with van der Waals surface area (Å²) in [6.07, 6.45) is 1.69. The number of thioether (sulfide) groups is 1. The molecule has 0 atom stereocenters. The average molecular weight is 493 g/mol. The van der Waals surface area contributed by atoms with Crippen LogP contribution in [0.3, 0.4) is 0 Å². The van der Waals surface area contributed by atoms with Gasteiger partial charge in [-0.3, -0.25) is 19.3 Å². The number of nitrogens with zero attached hydrogens (tertiary/aromatic N) is 1. The van der Waals surface area contributed by atoms with E-state index < -0.39 is 11.1 Å². The number of imide groups is 1. The third-order valence-corrected chi connectivity index (χ3v) is 6.51. The predicted molar refractivity (Wildman–Crippen MR) is 123 cm³/mol. The largest absolute Gasteiger partial charge is 0.486 e. The Morgan fingerprint density at radius 1 is 1.12 bits per heavy atom. The molecule has 4 rings (SSSR count). The quantitative estimate of drug-likeness (QED) is 0.609. The number of amides is 3. The van der Waals surface area contributed by atoms with Crippen LogP contribution in [0.4, 0.5) is 4.79 Å². The van der Waals surface area contributed by atoms with E-state index in [0.717, 1.165) is 22.2 Å². The first-order valence-corrected chi connectivity index (χ1v) is 11.3. The molecule has 0 saturated carbocycles. The number of ether oxygens (including phenoxy) is 2. The zero-order valence-electron chi connectivity index (χ0n) is 16.7. The first kappa shape index (κ1) is 22.5. The van der Waals surface area contributed by atoms with Gasteiger partial charge in [-0.1, -0.05) is 41.4 Å². The lowest BCUT2D eigenvalue weighted by Gasteiger charge is -2.18. The molecule has 1 fully saturated rings. The van der Waals surface area contributed by atoms with E-state index in [1.54, 1.807) is 42.5 Å². The number of benzene rings is 2. The zero-order chi connectivity index (χ0) is 22.7. The Morgan fingerprint density at radius 2 is 1.91 bits per heavy atom. The molecule has 0 aromatic heterocycles. The maximum atomic E-state index is 12.6. The Hall–Kier alpha value is -2.68. The Bertz CT molecular complexity index is 1120. The number of hydrogen-bond acceptors (Lipinski definition) is 6. The van der Waals surface area contributed by atoms with Gasteiger partial charge in [0.05, 0.1) is 21.4 Å². The summed E-state index contributed by atoms with van der Waals surface area (Å²) in [6.45, 7) is 1.19. The summed E-state index contributed by atoms with van der Waals surface area (Å²) in [5, 5.41) is 3.01. The molecule has 7 nitrogen and oxygen atoms in total. The fraction of sp³-hybridized carbons (Fsp3) is 0.227. The molecule has 2 heterocycles. The molecular formula is C22H18Cl2N2O5S. The minimum atomic E-state index is -0.433. The first-order valence-electron chi connectivity index (χ1n) is 9.77. The zero-order valence-corrected chi connectivity index (χ0v) is 19.1. The van der Waals surface area contributed by atoms with E-state index in [2.05, 4.69) is 5.32 Å². The Kier molecular flexibility index (Phi) is 6.93. The van der Waals surface area contributed by atoms with Crippen molar-refractivity contribution in [3.63, 3.8) is 0 Å². The Labute approximate surface area is 198 Å². The van der Waals surface area contributed by atoms with Crippen LogP contribution in [0.25, 0.3) is 6.08 Å². The van der Waals surface area contributed by atoms with Gasteiger partial charge in [-0.05, 0) is 47.2 Å². The van der Waals surface area contributed by atoms with Crippen molar-refractivity contribution >= 4 is 58.1 Å². The molecule has 32 heavy (non-hydrogen) atoms. The summed E-state index contributed by atoms with van der Waals surface area (Å²) < 4.78 is 11.0. The molecule has 1 saturated heterocycles. The second kappa shape index (κ2) is 9.85. The van der Waals surface area contributed by atoms with Gasteiger partial charge in [0.1, 0.15) is 13.2 Å². The molecule has 0 aliphatic carbocycles. The summed E-state index contributed by atoms with van der Waals surface area (Å²) >= 11 is 13.0. The number of nitrogens with one attached hydrogen (secondary N) is 1. The number of carbonyl (C=O) groups excluding carboxylic acids is 3. The highest BCUT2D eigenvalue weighted by molar-refractivity contribution is 8.18. The highest BCUT2D eigenvalue weighted by Crippen LogP contribution is 2.35. The summed E-state index contributed by atoms with van der Waals surface area (Å²) in [6, 6.07) is 10.4. The number of hydrogen-bond donors (Lipinski definition) is 1. The fourth-order valence-corrected chi connectivity index (χ4v) is 4.44. The van der Waals surface area contributed by atoms with Gasteiger partial charge in [0.15, 0.2) is 11.5 Å². The molecule has 1 N–H and O–H groups in total. The van der Waals surface area contributed by atoms with Crippen molar-refractivity contribution in [2.75, 3.05) is 26.3 Å². The van der Waals surface area contributed by atoms with Crippen LogP contribution in [0, 0.1) is 0 Å². The van der Waals surface area contributed by atoms with Gasteiger partial charge in [0.2, 0.25) is 5.91 Å². The second-order valence-electron chi connectivity index (χ2n) is 6.98. The van der Waals surface area contributed by atoms with Crippen LogP contribution in [0.5, 0.6) is 11.5 Å². The summed E-state index contributed by atoms with van der Waals surface area (Å²) in [4.78, 5) is 38.5. The van der Waals surface area contributed by atoms with E-state index in [4.69, 9.17) is 32.7 Å². The van der Waals surface area contributed by atoms with Crippen molar-refractivity contribution in [1.82, 2.24) is 10.2 Å². The minimum Gasteiger partial charge on any atom is -0.486 e. The lowest BCUT2D eigenvalue weighted by molar-refractivity contribution is -0.124. The summed E-state index contributed by atoms with van der Waals surface area (Å²) in [5.41, 5.74) is 1.33. The van der Waals surface area contributed by atoms with Gasteiger partial charge < -0.3 is 14.8 Å². The summed E-state index contributed by atoms with van der Waals surface area (Å²) in [7, 11) is 0.